The van der Waals surface area contributed by atoms with Gasteiger partial charge in [0.1, 0.15) is 10.6 Å². The molecule has 0 radical (unpaired) electrons. The second kappa shape index (κ2) is 9.75. The molecule has 0 spiro atoms. The third-order valence-electron chi connectivity index (χ3n) is 4.39. The second-order valence-electron chi connectivity index (χ2n) is 6.48. The van der Waals surface area contributed by atoms with Crippen molar-refractivity contribution in [2.45, 2.75) is 18.0 Å². The molecule has 0 heterocycles. The zero-order valence-corrected chi connectivity index (χ0v) is 17.8. The van der Waals surface area contributed by atoms with Gasteiger partial charge in [0, 0.05) is 23.7 Å². The molecule has 0 fully saturated rings. The third-order valence-corrected chi connectivity index (χ3v) is 6.07. The molecule has 6 nitrogen and oxygen atoms in total. The highest BCUT2D eigenvalue weighted by Gasteiger charge is 2.21. The molecular weight excluding hydrogens is 424 g/mol. The number of carbonyl (C=O) groups excluding carboxylic acids is 1. The number of hydrogen-bond donors (Lipinski definition) is 2. The van der Waals surface area contributed by atoms with Gasteiger partial charge in [-0.25, -0.2) is 13.1 Å². The van der Waals surface area contributed by atoms with Crippen molar-refractivity contribution < 1.29 is 17.9 Å². The van der Waals surface area contributed by atoms with Gasteiger partial charge in [0.2, 0.25) is 10.0 Å². The van der Waals surface area contributed by atoms with Crippen LogP contribution in [0.25, 0.3) is 0 Å². The first-order valence-corrected chi connectivity index (χ1v) is 11.0. The van der Waals surface area contributed by atoms with Crippen molar-refractivity contribution in [2.75, 3.05) is 7.11 Å². The maximum atomic E-state index is 12.8. The molecule has 1 amide bonds. The van der Waals surface area contributed by atoms with Gasteiger partial charge in [-0.05, 0) is 41.5 Å². The number of rotatable bonds is 8. The molecule has 3 aromatic rings. The maximum absolute atomic E-state index is 12.8. The Morgan fingerprint density at radius 1 is 0.933 bits per heavy atom. The van der Waals surface area contributed by atoms with Crippen molar-refractivity contribution in [3.05, 3.63) is 94.5 Å². The molecule has 0 saturated heterocycles. The Morgan fingerprint density at radius 2 is 1.60 bits per heavy atom. The van der Waals surface area contributed by atoms with E-state index in [0.29, 0.717) is 5.02 Å². The molecule has 0 aliphatic rings. The minimum atomic E-state index is -3.90. The van der Waals surface area contributed by atoms with Crippen LogP contribution < -0.4 is 14.8 Å². The largest absolute Gasteiger partial charge is 0.495 e. The summed E-state index contributed by atoms with van der Waals surface area (Å²) < 4.78 is 33.4. The Labute approximate surface area is 180 Å². The Morgan fingerprint density at radius 3 is 2.27 bits per heavy atom. The van der Waals surface area contributed by atoms with Crippen molar-refractivity contribution in [2.24, 2.45) is 0 Å². The molecule has 30 heavy (non-hydrogen) atoms. The van der Waals surface area contributed by atoms with Crippen molar-refractivity contribution in [1.82, 2.24) is 10.0 Å². The summed E-state index contributed by atoms with van der Waals surface area (Å²) in [6.07, 6.45) is 0. The first-order valence-electron chi connectivity index (χ1n) is 9.13. The van der Waals surface area contributed by atoms with Gasteiger partial charge in [-0.15, -0.1) is 0 Å². The average Bonchev–Trinajstić information content (AvgIpc) is 2.77. The SMILES string of the molecule is COc1ccc(C(=O)NCc2ccc(Cl)cc2)cc1S(=O)(=O)NCc1ccccc1. The molecule has 156 valence electrons. The lowest BCUT2D eigenvalue weighted by atomic mass is 10.2. The van der Waals surface area contributed by atoms with Crippen LogP contribution in [0.5, 0.6) is 5.75 Å². The molecule has 0 aromatic heterocycles. The molecule has 3 aromatic carbocycles. The fourth-order valence-corrected chi connectivity index (χ4v) is 4.10. The first-order chi connectivity index (χ1) is 14.4. The van der Waals surface area contributed by atoms with Gasteiger partial charge in [-0.3, -0.25) is 4.79 Å². The quantitative estimate of drug-likeness (QED) is 0.554. The third kappa shape index (κ3) is 5.60. The number of sulfonamides is 1. The lowest BCUT2D eigenvalue weighted by Gasteiger charge is -2.13. The Kier molecular flexibility index (Phi) is 7.10. The van der Waals surface area contributed by atoms with Crippen LogP contribution in [0.1, 0.15) is 21.5 Å². The van der Waals surface area contributed by atoms with Crippen LogP contribution in [0.3, 0.4) is 0 Å². The summed E-state index contributed by atoms with van der Waals surface area (Å²) in [7, 11) is -2.52. The van der Waals surface area contributed by atoms with E-state index in [9.17, 15) is 13.2 Å². The first kappa shape index (κ1) is 21.8. The number of ether oxygens (including phenoxy) is 1. The highest BCUT2D eigenvalue weighted by atomic mass is 35.5. The van der Waals surface area contributed by atoms with E-state index >= 15 is 0 Å². The van der Waals surface area contributed by atoms with Gasteiger partial charge in [-0.2, -0.15) is 0 Å². The monoisotopic (exact) mass is 444 g/mol. The Hall–Kier alpha value is -2.87. The van der Waals surface area contributed by atoms with Crippen molar-refractivity contribution >= 4 is 27.5 Å². The van der Waals surface area contributed by atoms with E-state index in [1.807, 2.05) is 30.3 Å². The number of hydrogen-bond acceptors (Lipinski definition) is 4. The zero-order valence-electron chi connectivity index (χ0n) is 16.3. The summed E-state index contributed by atoms with van der Waals surface area (Å²) >= 11 is 5.86. The summed E-state index contributed by atoms with van der Waals surface area (Å²) in [6, 6.07) is 20.5. The average molecular weight is 445 g/mol. The molecular formula is C22H21ClN2O4S. The summed E-state index contributed by atoms with van der Waals surface area (Å²) in [5.41, 5.74) is 1.90. The molecule has 3 rings (SSSR count). The minimum absolute atomic E-state index is 0.0972. The van der Waals surface area contributed by atoms with Crippen LogP contribution in [0.4, 0.5) is 0 Å². The van der Waals surface area contributed by atoms with Crippen LogP contribution >= 0.6 is 11.6 Å². The van der Waals surface area contributed by atoms with E-state index in [-0.39, 0.29) is 29.3 Å². The van der Waals surface area contributed by atoms with Crippen LogP contribution in [-0.4, -0.2) is 21.4 Å². The molecule has 8 heteroatoms. The van der Waals surface area contributed by atoms with Crippen molar-refractivity contribution in [1.29, 1.82) is 0 Å². The second-order valence-corrected chi connectivity index (χ2v) is 8.66. The van der Waals surface area contributed by atoms with Crippen molar-refractivity contribution in [3.8, 4) is 5.75 Å². The smallest absolute Gasteiger partial charge is 0.251 e. The summed E-state index contributed by atoms with van der Waals surface area (Å²) in [6.45, 7) is 0.412. The maximum Gasteiger partial charge on any atom is 0.251 e. The predicted molar refractivity (Wildman–Crippen MR) is 116 cm³/mol. The molecule has 0 aliphatic carbocycles. The van der Waals surface area contributed by atoms with Crippen LogP contribution in [0.15, 0.2) is 77.7 Å². The van der Waals surface area contributed by atoms with Gasteiger partial charge < -0.3 is 10.1 Å². The van der Waals surface area contributed by atoms with E-state index in [2.05, 4.69) is 10.0 Å². The lowest BCUT2D eigenvalue weighted by Crippen LogP contribution is -2.26. The Bertz CT molecular complexity index is 1120. The van der Waals surface area contributed by atoms with Gasteiger partial charge in [-0.1, -0.05) is 54.1 Å². The fraction of sp³-hybridized carbons (Fsp3) is 0.136. The lowest BCUT2D eigenvalue weighted by molar-refractivity contribution is 0.0950. The van der Waals surface area contributed by atoms with E-state index in [1.165, 1.54) is 25.3 Å². The number of methoxy groups -OCH3 is 1. The normalized spacial score (nSPS) is 11.1. The number of benzene rings is 3. The van der Waals surface area contributed by atoms with Crippen molar-refractivity contribution in [3.63, 3.8) is 0 Å². The number of carbonyl (C=O) groups is 1. The van der Waals surface area contributed by atoms with E-state index < -0.39 is 15.9 Å². The van der Waals surface area contributed by atoms with Crippen LogP contribution in [0, 0.1) is 0 Å². The van der Waals surface area contributed by atoms with E-state index in [4.69, 9.17) is 16.3 Å². The van der Waals surface area contributed by atoms with Crippen LogP contribution in [-0.2, 0) is 23.1 Å². The predicted octanol–water partition coefficient (Wildman–Crippen LogP) is 3.76. The number of amides is 1. The number of halogens is 1. The fourth-order valence-electron chi connectivity index (χ4n) is 2.77. The topological polar surface area (TPSA) is 84.5 Å². The minimum Gasteiger partial charge on any atom is -0.495 e. The molecule has 0 bridgehead atoms. The standard InChI is InChI=1S/C22H21ClN2O4S/c1-29-20-12-9-18(22(26)24-14-17-7-10-19(23)11-8-17)13-21(20)30(27,28)25-15-16-5-3-2-4-6-16/h2-13,25H,14-15H2,1H3,(H,24,26). The molecule has 0 aliphatic heterocycles. The Balaban J connectivity index is 1.76. The summed E-state index contributed by atoms with van der Waals surface area (Å²) in [5, 5.41) is 3.38. The van der Waals surface area contributed by atoms with Gasteiger partial charge in [0.25, 0.3) is 5.91 Å². The number of nitrogens with one attached hydrogen (secondary N) is 2. The van der Waals surface area contributed by atoms with Gasteiger partial charge in [0.05, 0.1) is 7.11 Å². The zero-order chi connectivity index (χ0) is 21.6. The summed E-state index contributed by atoms with van der Waals surface area (Å²) in [5.74, 6) is -0.239. The van der Waals surface area contributed by atoms with Gasteiger partial charge >= 0.3 is 0 Å². The molecule has 0 unspecified atom stereocenters. The molecule has 0 atom stereocenters. The highest BCUT2D eigenvalue weighted by molar-refractivity contribution is 7.89. The summed E-state index contributed by atoms with van der Waals surface area (Å²) in [4.78, 5) is 12.5. The highest BCUT2D eigenvalue weighted by Crippen LogP contribution is 2.25. The van der Waals surface area contributed by atoms with E-state index in [1.54, 1.807) is 24.3 Å². The molecule has 2 N–H and O–H groups in total. The van der Waals surface area contributed by atoms with Gasteiger partial charge in [0.15, 0.2) is 0 Å². The molecule has 0 saturated carbocycles. The van der Waals surface area contributed by atoms with Crippen LogP contribution in [0.2, 0.25) is 5.02 Å². The van der Waals surface area contributed by atoms with E-state index in [0.717, 1.165) is 11.1 Å².